The van der Waals surface area contributed by atoms with Gasteiger partial charge in [0.25, 0.3) is 5.91 Å². The fourth-order valence-corrected chi connectivity index (χ4v) is 2.77. The number of hydrogen-bond donors (Lipinski definition) is 2. The third kappa shape index (κ3) is 4.41. The third-order valence-electron chi connectivity index (χ3n) is 4.00. The molecule has 116 valence electrons. The Labute approximate surface area is 125 Å². The highest BCUT2D eigenvalue weighted by Crippen LogP contribution is 2.15. The summed E-state index contributed by atoms with van der Waals surface area (Å²) in [6, 6.07) is 3.48. The summed E-state index contributed by atoms with van der Waals surface area (Å²) >= 11 is 0. The largest absolute Gasteiger partial charge is 0.347 e. The number of nitrogens with one attached hydrogen (secondary N) is 2. The van der Waals surface area contributed by atoms with Crippen LogP contribution in [0.5, 0.6) is 0 Å². The van der Waals surface area contributed by atoms with Gasteiger partial charge in [0, 0.05) is 13.2 Å². The van der Waals surface area contributed by atoms with Crippen molar-refractivity contribution in [1.29, 1.82) is 0 Å². The van der Waals surface area contributed by atoms with Crippen LogP contribution in [0.3, 0.4) is 0 Å². The van der Waals surface area contributed by atoms with Crippen LogP contribution in [0, 0.1) is 5.92 Å². The van der Waals surface area contributed by atoms with Crippen LogP contribution in [0.2, 0.25) is 0 Å². The zero-order valence-corrected chi connectivity index (χ0v) is 12.8. The molecule has 2 amide bonds. The van der Waals surface area contributed by atoms with Crippen molar-refractivity contribution in [3.8, 4) is 0 Å². The first-order chi connectivity index (χ1) is 10.1. The molecule has 0 aliphatic carbocycles. The van der Waals surface area contributed by atoms with Gasteiger partial charge in [-0.15, -0.1) is 0 Å². The highest BCUT2D eigenvalue weighted by Gasteiger charge is 2.21. The number of imide groups is 1. The van der Waals surface area contributed by atoms with E-state index in [1.54, 1.807) is 29.9 Å². The molecule has 0 bridgehead atoms. The minimum atomic E-state index is -0.336. The standard InChI is InChI=1S/C15H24N4O2/c1-16-10-12-5-8-19(9-6-12)11-14(20)17-15(21)13-4-3-7-18(13)2/h3-4,7,12,16H,5-6,8-11H2,1-2H3,(H,17,20,21). The van der Waals surface area contributed by atoms with Gasteiger partial charge in [-0.3, -0.25) is 19.8 Å². The van der Waals surface area contributed by atoms with Gasteiger partial charge in [-0.25, -0.2) is 0 Å². The van der Waals surface area contributed by atoms with E-state index in [0.29, 0.717) is 18.2 Å². The molecule has 1 fully saturated rings. The van der Waals surface area contributed by atoms with E-state index < -0.39 is 0 Å². The van der Waals surface area contributed by atoms with Crippen molar-refractivity contribution in [2.24, 2.45) is 13.0 Å². The van der Waals surface area contributed by atoms with E-state index in [0.717, 1.165) is 32.5 Å². The van der Waals surface area contributed by atoms with E-state index in [4.69, 9.17) is 0 Å². The van der Waals surface area contributed by atoms with Crippen LogP contribution >= 0.6 is 0 Å². The van der Waals surface area contributed by atoms with Gasteiger partial charge in [0.15, 0.2) is 0 Å². The molecule has 0 unspecified atom stereocenters. The topological polar surface area (TPSA) is 66.4 Å². The number of carbonyl (C=O) groups is 2. The summed E-state index contributed by atoms with van der Waals surface area (Å²) < 4.78 is 1.70. The first-order valence-corrected chi connectivity index (χ1v) is 7.42. The second-order valence-corrected chi connectivity index (χ2v) is 5.66. The molecule has 2 N–H and O–H groups in total. The van der Waals surface area contributed by atoms with Gasteiger partial charge in [-0.05, 0) is 57.6 Å². The first kappa shape index (κ1) is 15.7. The van der Waals surface area contributed by atoms with Crippen LogP contribution in [0.15, 0.2) is 18.3 Å². The fourth-order valence-electron chi connectivity index (χ4n) is 2.77. The summed E-state index contributed by atoms with van der Waals surface area (Å²) in [6.07, 6.45) is 3.98. The van der Waals surface area contributed by atoms with Crippen LogP contribution in [-0.2, 0) is 11.8 Å². The van der Waals surface area contributed by atoms with Crippen molar-refractivity contribution in [3.63, 3.8) is 0 Å². The Morgan fingerprint density at radius 3 is 2.62 bits per heavy atom. The summed E-state index contributed by atoms with van der Waals surface area (Å²) in [5.74, 6) is 0.130. The maximum absolute atomic E-state index is 11.9. The van der Waals surface area contributed by atoms with Gasteiger partial charge in [-0.2, -0.15) is 0 Å². The van der Waals surface area contributed by atoms with Crippen LogP contribution < -0.4 is 10.6 Å². The van der Waals surface area contributed by atoms with Crippen LogP contribution in [0.4, 0.5) is 0 Å². The average molecular weight is 292 g/mol. The smallest absolute Gasteiger partial charge is 0.274 e. The van der Waals surface area contributed by atoms with E-state index in [9.17, 15) is 9.59 Å². The molecule has 0 saturated carbocycles. The minimum absolute atomic E-state index is 0.228. The molecule has 2 heterocycles. The van der Waals surface area contributed by atoms with Gasteiger partial charge in [0.05, 0.1) is 6.54 Å². The number of aryl methyl sites for hydroxylation is 1. The Morgan fingerprint density at radius 2 is 2.05 bits per heavy atom. The van der Waals surface area contributed by atoms with Crippen molar-refractivity contribution >= 4 is 11.8 Å². The van der Waals surface area contributed by atoms with E-state index in [1.165, 1.54) is 0 Å². The predicted molar refractivity (Wildman–Crippen MR) is 81.0 cm³/mol. The van der Waals surface area contributed by atoms with Crippen molar-refractivity contribution in [2.75, 3.05) is 33.2 Å². The maximum Gasteiger partial charge on any atom is 0.274 e. The summed E-state index contributed by atoms with van der Waals surface area (Å²) in [7, 11) is 3.75. The first-order valence-electron chi connectivity index (χ1n) is 7.42. The van der Waals surface area contributed by atoms with Crippen LogP contribution in [-0.4, -0.2) is 54.5 Å². The number of nitrogens with zero attached hydrogens (tertiary/aromatic N) is 2. The zero-order chi connectivity index (χ0) is 15.2. The van der Waals surface area contributed by atoms with Gasteiger partial charge in [-0.1, -0.05) is 0 Å². The molecule has 1 saturated heterocycles. The van der Waals surface area contributed by atoms with Crippen molar-refractivity contribution in [1.82, 2.24) is 20.1 Å². The van der Waals surface area contributed by atoms with E-state index >= 15 is 0 Å². The number of aromatic nitrogens is 1. The minimum Gasteiger partial charge on any atom is -0.347 e. The lowest BCUT2D eigenvalue weighted by Crippen LogP contribution is -2.44. The average Bonchev–Trinajstić information content (AvgIpc) is 2.87. The third-order valence-corrected chi connectivity index (χ3v) is 4.00. The second-order valence-electron chi connectivity index (χ2n) is 5.66. The maximum atomic E-state index is 11.9. The molecule has 21 heavy (non-hydrogen) atoms. The number of piperidine rings is 1. The molecule has 0 spiro atoms. The van der Waals surface area contributed by atoms with Gasteiger partial charge >= 0.3 is 0 Å². The molecule has 1 aromatic rings. The number of amides is 2. The van der Waals surface area contributed by atoms with Crippen molar-refractivity contribution in [2.45, 2.75) is 12.8 Å². The van der Waals surface area contributed by atoms with E-state index in [-0.39, 0.29) is 11.8 Å². The molecule has 2 rings (SSSR count). The molecule has 0 radical (unpaired) electrons. The van der Waals surface area contributed by atoms with Gasteiger partial charge in [0.2, 0.25) is 5.91 Å². The van der Waals surface area contributed by atoms with Crippen LogP contribution in [0.1, 0.15) is 23.3 Å². The molecule has 0 atom stereocenters. The predicted octanol–water partition coefficient (Wildman–Crippen LogP) is 0.213. The van der Waals surface area contributed by atoms with Crippen molar-refractivity contribution < 1.29 is 9.59 Å². The van der Waals surface area contributed by atoms with Crippen LogP contribution in [0.25, 0.3) is 0 Å². The Bertz CT molecular complexity index is 490. The van der Waals surface area contributed by atoms with Gasteiger partial charge < -0.3 is 9.88 Å². The van der Waals surface area contributed by atoms with E-state index in [2.05, 4.69) is 15.5 Å². The van der Waals surface area contributed by atoms with E-state index in [1.807, 2.05) is 7.05 Å². The number of likely N-dealkylation sites (tertiary alicyclic amines) is 1. The molecule has 1 aromatic heterocycles. The lowest BCUT2D eigenvalue weighted by Gasteiger charge is -2.31. The molecule has 1 aliphatic heterocycles. The molecule has 0 aromatic carbocycles. The number of carbonyl (C=O) groups excluding carboxylic acids is 2. The lowest BCUT2D eigenvalue weighted by atomic mass is 9.97. The Morgan fingerprint density at radius 1 is 1.33 bits per heavy atom. The highest BCUT2D eigenvalue weighted by molar-refractivity contribution is 6.04. The highest BCUT2D eigenvalue weighted by atomic mass is 16.2. The summed E-state index contributed by atoms with van der Waals surface area (Å²) in [5, 5.41) is 5.65. The Balaban J connectivity index is 1.75. The second kappa shape index (κ2) is 7.38. The molecular weight excluding hydrogens is 268 g/mol. The molecule has 6 nitrogen and oxygen atoms in total. The zero-order valence-electron chi connectivity index (χ0n) is 12.8. The summed E-state index contributed by atoms with van der Waals surface area (Å²) in [6.45, 7) is 3.16. The fraction of sp³-hybridized carbons (Fsp3) is 0.600. The molecular formula is C15H24N4O2. The number of rotatable bonds is 5. The van der Waals surface area contributed by atoms with Crippen molar-refractivity contribution in [3.05, 3.63) is 24.0 Å². The molecule has 1 aliphatic rings. The van der Waals surface area contributed by atoms with Gasteiger partial charge in [0.1, 0.15) is 5.69 Å². The summed E-state index contributed by atoms with van der Waals surface area (Å²) in [5.41, 5.74) is 0.496. The Kier molecular flexibility index (Phi) is 5.52. The SMILES string of the molecule is CNCC1CCN(CC(=O)NC(=O)c2cccn2C)CC1. The number of hydrogen-bond acceptors (Lipinski definition) is 4. The quantitative estimate of drug-likeness (QED) is 0.814. The monoisotopic (exact) mass is 292 g/mol. The Hall–Kier alpha value is -1.66. The summed E-state index contributed by atoms with van der Waals surface area (Å²) in [4.78, 5) is 26.0. The molecule has 6 heteroatoms. The normalized spacial score (nSPS) is 16.9. The lowest BCUT2D eigenvalue weighted by molar-refractivity contribution is -0.121.